The van der Waals surface area contributed by atoms with Gasteiger partial charge in [0.2, 0.25) is 11.8 Å². The second kappa shape index (κ2) is 9.76. The molecule has 1 aliphatic rings. The number of amidine groups is 1. The van der Waals surface area contributed by atoms with E-state index < -0.39 is 18.0 Å². The third-order valence-electron chi connectivity index (χ3n) is 6.09. The predicted octanol–water partition coefficient (Wildman–Crippen LogP) is 1.85. The molecule has 0 saturated carbocycles. The predicted molar refractivity (Wildman–Crippen MR) is 131 cm³/mol. The van der Waals surface area contributed by atoms with Crippen LogP contribution in [-0.4, -0.2) is 35.4 Å². The van der Waals surface area contributed by atoms with E-state index in [-0.39, 0.29) is 18.3 Å². The molecule has 0 saturated heterocycles. The number of hydrogen-bond donors (Lipinski definition) is 5. The molecule has 0 aliphatic carbocycles. The van der Waals surface area contributed by atoms with Gasteiger partial charge in [-0.2, -0.15) is 0 Å². The Hall–Kier alpha value is -4.17. The summed E-state index contributed by atoms with van der Waals surface area (Å²) in [7, 11) is 0. The molecule has 3 aromatic rings. The molecule has 1 aliphatic heterocycles. The SMILES string of the molecule is N=C(N)c1ccc2c(c1)N(Cc1ccc(C(N)=O)cc1)C(C(=O)N[C@@H](CO)c1ccccc1)C2. The van der Waals surface area contributed by atoms with Gasteiger partial charge < -0.3 is 26.8 Å². The van der Waals surface area contributed by atoms with Crippen LogP contribution >= 0.6 is 0 Å². The van der Waals surface area contributed by atoms with Crippen LogP contribution in [0.15, 0.2) is 72.8 Å². The van der Waals surface area contributed by atoms with Crippen molar-refractivity contribution in [2.24, 2.45) is 11.5 Å². The fourth-order valence-corrected chi connectivity index (χ4v) is 4.25. The van der Waals surface area contributed by atoms with Crippen molar-refractivity contribution in [3.8, 4) is 0 Å². The Morgan fingerprint density at radius 3 is 2.32 bits per heavy atom. The second-order valence-corrected chi connectivity index (χ2v) is 8.32. The lowest BCUT2D eigenvalue weighted by atomic mass is 10.0. The lowest BCUT2D eigenvalue weighted by Gasteiger charge is -2.29. The number of rotatable bonds is 8. The molecule has 1 heterocycles. The van der Waals surface area contributed by atoms with Crippen LogP contribution in [0.5, 0.6) is 0 Å². The molecule has 0 radical (unpaired) electrons. The van der Waals surface area contributed by atoms with Crippen molar-refractivity contribution in [3.63, 3.8) is 0 Å². The van der Waals surface area contributed by atoms with E-state index in [1.54, 1.807) is 18.2 Å². The van der Waals surface area contributed by atoms with Crippen LogP contribution in [0.1, 0.15) is 38.7 Å². The molecule has 0 aromatic heterocycles. The van der Waals surface area contributed by atoms with Crippen molar-refractivity contribution in [2.45, 2.75) is 25.0 Å². The molecule has 8 heteroatoms. The number of primary amides is 1. The van der Waals surface area contributed by atoms with Gasteiger partial charge in [0.05, 0.1) is 12.6 Å². The summed E-state index contributed by atoms with van der Waals surface area (Å²) in [6.45, 7) is 0.180. The van der Waals surface area contributed by atoms with E-state index in [9.17, 15) is 14.7 Å². The highest BCUT2D eigenvalue weighted by Gasteiger charge is 2.35. The van der Waals surface area contributed by atoms with Crippen LogP contribution < -0.4 is 21.7 Å². The Labute approximate surface area is 197 Å². The lowest BCUT2D eigenvalue weighted by Crippen LogP contribution is -2.46. The third kappa shape index (κ3) is 4.77. The number of carbonyl (C=O) groups is 2. The Balaban J connectivity index is 1.63. The average Bonchev–Trinajstić information content (AvgIpc) is 3.21. The molecule has 8 nitrogen and oxygen atoms in total. The Morgan fingerprint density at radius 1 is 1.03 bits per heavy atom. The van der Waals surface area contributed by atoms with Gasteiger partial charge in [0.15, 0.2) is 0 Å². The molecule has 34 heavy (non-hydrogen) atoms. The average molecular weight is 458 g/mol. The number of amides is 2. The molecule has 4 rings (SSSR count). The van der Waals surface area contributed by atoms with Gasteiger partial charge in [-0.1, -0.05) is 54.6 Å². The van der Waals surface area contributed by atoms with Crippen molar-refractivity contribution in [1.82, 2.24) is 5.32 Å². The molecule has 0 fully saturated rings. The number of aliphatic hydroxyl groups is 1. The first kappa shape index (κ1) is 23.0. The first-order valence-electron chi connectivity index (χ1n) is 11.0. The fraction of sp³-hybridized carbons (Fsp3) is 0.192. The van der Waals surface area contributed by atoms with E-state index in [2.05, 4.69) is 5.32 Å². The molecule has 0 spiro atoms. The molecular formula is C26H27N5O3. The van der Waals surface area contributed by atoms with E-state index in [1.165, 1.54) is 0 Å². The van der Waals surface area contributed by atoms with Crippen molar-refractivity contribution in [2.75, 3.05) is 11.5 Å². The van der Waals surface area contributed by atoms with Crippen molar-refractivity contribution >= 4 is 23.3 Å². The molecule has 0 bridgehead atoms. The van der Waals surface area contributed by atoms with Crippen LogP contribution in [0.25, 0.3) is 0 Å². The molecule has 2 amide bonds. The van der Waals surface area contributed by atoms with Crippen molar-refractivity contribution in [3.05, 3.63) is 101 Å². The second-order valence-electron chi connectivity index (χ2n) is 8.32. The summed E-state index contributed by atoms with van der Waals surface area (Å²) in [6, 6.07) is 20.7. The van der Waals surface area contributed by atoms with Gasteiger partial charge >= 0.3 is 0 Å². The number of nitrogens with two attached hydrogens (primary N) is 2. The number of benzene rings is 3. The minimum absolute atomic E-state index is 0.0501. The first-order chi connectivity index (χ1) is 16.4. The quantitative estimate of drug-likeness (QED) is 0.259. The highest BCUT2D eigenvalue weighted by molar-refractivity contribution is 5.97. The Kier molecular flexibility index (Phi) is 6.60. The van der Waals surface area contributed by atoms with Gasteiger partial charge in [0, 0.05) is 29.8 Å². The van der Waals surface area contributed by atoms with Crippen LogP contribution in [0.2, 0.25) is 0 Å². The Morgan fingerprint density at radius 2 is 1.71 bits per heavy atom. The smallest absolute Gasteiger partial charge is 0.248 e. The largest absolute Gasteiger partial charge is 0.394 e. The van der Waals surface area contributed by atoms with Crippen LogP contribution in [-0.2, 0) is 17.8 Å². The van der Waals surface area contributed by atoms with Gasteiger partial charge in [0.25, 0.3) is 0 Å². The monoisotopic (exact) mass is 457 g/mol. The molecular weight excluding hydrogens is 430 g/mol. The Bertz CT molecular complexity index is 1210. The van der Waals surface area contributed by atoms with Gasteiger partial charge in [-0.05, 0) is 34.9 Å². The highest BCUT2D eigenvalue weighted by Crippen LogP contribution is 2.35. The van der Waals surface area contributed by atoms with Crippen LogP contribution in [0.4, 0.5) is 5.69 Å². The fourth-order valence-electron chi connectivity index (χ4n) is 4.25. The zero-order valence-electron chi connectivity index (χ0n) is 18.6. The summed E-state index contributed by atoms with van der Waals surface area (Å²) in [5.41, 5.74) is 15.6. The summed E-state index contributed by atoms with van der Waals surface area (Å²) in [4.78, 5) is 26.8. The number of hydrogen-bond acceptors (Lipinski definition) is 5. The van der Waals surface area contributed by atoms with Crippen molar-refractivity contribution < 1.29 is 14.7 Å². The zero-order chi connectivity index (χ0) is 24.2. The minimum atomic E-state index is -0.526. The number of fused-ring (bicyclic) bond motifs is 1. The van der Waals surface area contributed by atoms with E-state index in [0.29, 0.717) is 24.1 Å². The van der Waals surface area contributed by atoms with Gasteiger partial charge in [0.1, 0.15) is 11.9 Å². The van der Waals surface area contributed by atoms with E-state index in [1.807, 2.05) is 59.5 Å². The maximum atomic E-state index is 13.4. The highest BCUT2D eigenvalue weighted by atomic mass is 16.3. The minimum Gasteiger partial charge on any atom is -0.394 e. The number of nitrogens with zero attached hydrogens (tertiary/aromatic N) is 1. The molecule has 1 unspecified atom stereocenters. The maximum Gasteiger partial charge on any atom is 0.248 e. The molecule has 2 atom stereocenters. The number of nitrogens with one attached hydrogen (secondary N) is 2. The summed E-state index contributed by atoms with van der Waals surface area (Å²) in [5, 5.41) is 20.7. The third-order valence-corrected chi connectivity index (χ3v) is 6.09. The van der Waals surface area contributed by atoms with E-state index >= 15 is 0 Å². The standard InChI is InChI=1S/C26H27N5O3/c27-24(28)20-11-10-19-12-23(26(34)30-21(15-32)17-4-2-1-3-5-17)31(22(19)13-20)14-16-6-8-18(9-7-16)25(29)33/h1-11,13,21,23,32H,12,14-15H2,(H3,27,28)(H2,29,33)(H,30,34)/t21-,23?/m0/s1. The van der Waals surface area contributed by atoms with Crippen molar-refractivity contribution in [1.29, 1.82) is 5.41 Å². The number of anilines is 1. The lowest BCUT2D eigenvalue weighted by molar-refractivity contribution is -0.123. The van der Waals surface area contributed by atoms with E-state index in [0.717, 1.165) is 22.4 Å². The molecule has 174 valence electrons. The molecule has 3 aromatic carbocycles. The van der Waals surface area contributed by atoms with Gasteiger partial charge in [-0.25, -0.2) is 0 Å². The normalized spacial score (nSPS) is 15.4. The first-order valence-corrected chi connectivity index (χ1v) is 11.0. The van der Waals surface area contributed by atoms with Gasteiger partial charge in [-0.15, -0.1) is 0 Å². The number of carbonyl (C=O) groups excluding carboxylic acids is 2. The number of nitrogen functional groups attached to an aromatic ring is 1. The summed E-state index contributed by atoms with van der Waals surface area (Å²) >= 11 is 0. The van der Waals surface area contributed by atoms with Crippen LogP contribution in [0, 0.1) is 5.41 Å². The number of aliphatic hydroxyl groups excluding tert-OH is 1. The summed E-state index contributed by atoms with van der Waals surface area (Å²) in [5.74, 6) is -0.763. The molecule has 7 N–H and O–H groups in total. The summed E-state index contributed by atoms with van der Waals surface area (Å²) in [6.07, 6.45) is 0.478. The van der Waals surface area contributed by atoms with Gasteiger partial charge in [-0.3, -0.25) is 15.0 Å². The van der Waals surface area contributed by atoms with E-state index in [4.69, 9.17) is 16.9 Å². The zero-order valence-corrected chi connectivity index (χ0v) is 18.6. The maximum absolute atomic E-state index is 13.4. The summed E-state index contributed by atoms with van der Waals surface area (Å²) < 4.78 is 0. The topological polar surface area (TPSA) is 146 Å². The van der Waals surface area contributed by atoms with Crippen LogP contribution in [0.3, 0.4) is 0 Å².